The van der Waals surface area contributed by atoms with E-state index in [0.29, 0.717) is 35.0 Å². The number of nitrogens with one attached hydrogen (secondary N) is 1. The largest absolute Gasteiger partial charge is 0.493 e. The van der Waals surface area contributed by atoms with Crippen LogP contribution in [0, 0.1) is 11.7 Å². The van der Waals surface area contributed by atoms with Gasteiger partial charge in [-0.15, -0.1) is 0 Å². The topological polar surface area (TPSA) is 93.0 Å². The lowest BCUT2D eigenvalue weighted by molar-refractivity contribution is 0.0982. The van der Waals surface area contributed by atoms with E-state index in [1.54, 1.807) is 24.4 Å². The molecule has 2 fully saturated rings. The summed E-state index contributed by atoms with van der Waals surface area (Å²) in [6.07, 6.45) is 4.14. The first-order chi connectivity index (χ1) is 17.4. The molecule has 198 valence electrons. The van der Waals surface area contributed by atoms with Gasteiger partial charge in [0.25, 0.3) is 5.91 Å². The number of hydrogen-bond acceptors (Lipinski definition) is 6. The van der Waals surface area contributed by atoms with Gasteiger partial charge in [0.1, 0.15) is 17.7 Å². The number of alkyl halides is 1. The summed E-state index contributed by atoms with van der Waals surface area (Å²) in [5, 5.41) is 4.16. The average Bonchev–Trinajstić information content (AvgIpc) is 3.42. The Kier molecular flexibility index (Phi) is 6.37. The van der Waals surface area contributed by atoms with Crippen LogP contribution in [0.15, 0.2) is 42.7 Å². The summed E-state index contributed by atoms with van der Waals surface area (Å²) in [4.78, 5) is 14.7. The minimum Gasteiger partial charge on any atom is -0.493 e. The van der Waals surface area contributed by atoms with Gasteiger partial charge in [0.2, 0.25) is 10.0 Å². The second-order valence-electron chi connectivity index (χ2n) is 10.8. The van der Waals surface area contributed by atoms with Gasteiger partial charge >= 0.3 is 0 Å². The van der Waals surface area contributed by atoms with Gasteiger partial charge in [0.15, 0.2) is 0 Å². The van der Waals surface area contributed by atoms with Crippen molar-refractivity contribution in [3.05, 3.63) is 59.7 Å². The smallest absolute Gasteiger partial charge is 0.268 e. The molecule has 37 heavy (non-hydrogen) atoms. The molecular formula is C26H30F2N4O4S. The van der Waals surface area contributed by atoms with Crippen molar-refractivity contribution < 1.29 is 26.7 Å². The Morgan fingerprint density at radius 1 is 1.22 bits per heavy atom. The molecule has 8 nitrogen and oxygen atoms in total. The molecule has 11 heteroatoms. The van der Waals surface area contributed by atoms with Crippen molar-refractivity contribution >= 4 is 27.1 Å². The zero-order valence-corrected chi connectivity index (χ0v) is 21.8. The molecule has 1 aliphatic heterocycles. The fraction of sp³-hybridized carbons (Fsp3) is 0.462. The van der Waals surface area contributed by atoms with Gasteiger partial charge in [-0.1, -0.05) is 0 Å². The Morgan fingerprint density at radius 3 is 2.68 bits per heavy atom. The van der Waals surface area contributed by atoms with Crippen LogP contribution in [-0.4, -0.2) is 48.0 Å². The van der Waals surface area contributed by atoms with E-state index >= 15 is 0 Å². The van der Waals surface area contributed by atoms with Crippen molar-refractivity contribution in [3.8, 4) is 5.75 Å². The van der Waals surface area contributed by atoms with Gasteiger partial charge in [-0.3, -0.25) is 4.79 Å². The third kappa shape index (κ3) is 5.14. The molecule has 1 unspecified atom stereocenters. The minimum atomic E-state index is -3.93. The fourth-order valence-corrected chi connectivity index (χ4v) is 5.08. The van der Waals surface area contributed by atoms with Crippen molar-refractivity contribution in [2.45, 2.75) is 57.0 Å². The third-order valence-electron chi connectivity index (χ3n) is 6.87. The number of ether oxygens (including phenoxy) is 1. The molecule has 3 heterocycles. The van der Waals surface area contributed by atoms with Gasteiger partial charge in [-0.05, 0) is 69.9 Å². The number of aromatic nitrogens is 2. The van der Waals surface area contributed by atoms with Crippen molar-refractivity contribution in [2.75, 3.05) is 18.1 Å². The van der Waals surface area contributed by atoms with Crippen LogP contribution in [0.1, 0.15) is 62.0 Å². The number of carbonyl (C=O) groups excluding carboxylic acids is 1. The maximum atomic E-state index is 14.8. The van der Waals surface area contributed by atoms with Gasteiger partial charge in [-0.25, -0.2) is 26.4 Å². The summed E-state index contributed by atoms with van der Waals surface area (Å²) in [5.74, 6) is -0.191. The molecule has 1 aliphatic carbocycles. The molecule has 2 aromatic heterocycles. The molecule has 0 radical (unpaired) electrons. The molecule has 2 aliphatic rings. The third-order valence-corrected chi connectivity index (χ3v) is 8.93. The standard InChI is InChI=1S/C26H30F2N4O4S/c1-26(2,3)37(34,35)30-25(33)21-13-29-32-9-8-19(12-23(21)32)31-14-18(28)11-22(31)20-10-17(27)6-7-24(20)36-15-16-4-5-16/h6-10,12-13,16,18,22H,4-5,11,14-15H2,1-3H3,(H,30,33)/t18?,22-/m1/s1. The van der Waals surface area contributed by atoms with Gasteiger partial charge < -0.3 is 9.64 Å². The summed E-state index contributed by atoms with van der Waals surface area (Å²) in [6, 6.07) is 7.25. The van der Waals surface area contributed by atoms with Crippen LogP contribution in [0.3, 0.4) is 0 Å². The van der Waals surface area contributed by atoms with Crippen LogP contribution in [0.2, 0.25) is 0 Å². The Balaban J connectivity index is 1.48. The average molecular weight is 533 g/mol. The number of pyridine rings is 1. The van der Waals surface area contributed by atoms with Gasteiger partial charge in [-0.2, -0.15) is 5.10 Å². The zero-order chi connectivity index (χ0) is 26.5. The minimum absolute atomic E-state index is 0.0708. The highest BCUT2D eigenvalue weighted by atomic mass is 32.2. The fourth-order valence-electron chi connectivity index (χ4n) is 4.42. The van der Waals surface area contributed by atoms with E-state index in [2.05, 4.69) is 9.82 Å². The lowest BCUT2D eigenvalue weighted by Crippen LogP contribution is -2.42. The molecule has 1 saturated carbocycles. The number of carbonyl (C=O) groups is 1. The summed E-state index contributed by atoms with van der Waals surface area (Å²) < 4.78 is 62.5. The molecular weight excluding hydrogens is 502 g/mol. The maximum absolute atomic E-state index is 14.8. The Morgan fingerprint density at radius 2 is 1.97 bits per heavy atom. The number of amides is 1. The molecule has 1 N–H and O–H groups in total. The number of benzene rings is 1. The Labute approximate surface area is 214 Å². The maximum Gasteiger partial charge on any atom is 0.268 e. The normalized spacial score (nSPS) is 20.4. The predicted molar refractivity (Wildman–Crippen MR) is 136 cm³/mol. The first-order valence-corrected chi connectivity index (χ1v) is 13.8. The molecule has 0 spiro atoms. The Hall–Kier alpha value is -3.21. The van der Waals surface area contributed by atoms with E-state index in [1.165, 1.54) is 43.6 Å². The number of fused-ring (bicyclic) bond motifs is 1. The number of hydrogen-bond donors (Lipinski definition) is 1. The lowest BCUT2D eigenvalue weighted by Gasteiger charge is -2.28. The number of nitrogens with zero attached hydrogens (tertiary/aromatic N) is 3. The molecule has 1 aromatic carbocycles. The van der Waals surface area contributed by atoms with E-state index in [9.17, 15) is 22.0 Å². The van der Waals surface area contributed by atoms with Crippen LogP contribution in [0.25, 0.3) is 5.52 Å². The van der Waals surface area contributed by atoms with Crippen molar-refractivity contribution in [3.63, 3.8) is 0 Å². The molecule has 2 atom stereocenters. The number of rotatable bonds is 7. The molecule has 5 rings (SSSR count). The lowest BCUT2D eigenvalue weighted by atomic mass is 10.0. The second kappa shape index (κ2) is 9.27. The summed E-state index contributed by atoms with van der Waals surface area (Å²) in [7, 11) is -3.93. The van der Waals surface area contributed by atoms with Gasteiger partial charge in [0.05, 0.1) is 34.7 Å². The summed E-state index contributed by atoms with van der Waals surface area (Å²) >= 11 is 0. The van der Waals surface area contributed by atoms with Crippen molar-refractivity contribution in [1.82, 2.24) is 14.3 Å². The molecule has 1 saturated heterocycles. The SMILES string of the molecule is CC(C)(C)S(=O)(=O)NC(=O)c1cnn2ccc(N3CC(F)C[C@@H]3c3cc(F)ccc3OCC3CC3)cc12. The summed E-state index contributed by atoms with van der Waals surface area (Å²) in [5.41, 5.74) is 1.61. The van der Waals surface area contributed by atoms with Crippen LogP contribution in [0.5, 0.6) is 5.75 Å². The van der Waals surface area contributed by atoms with Crippen molar-refractivity contribution in [1.29, 1.82) is 0 Å². The predicted octanol–water partition coefficient (Wildman–Crippen LogP) is 4.41. The van der Waals surface area contributed by atoms with E-state index in [-0.39, 0.29) is 18.5 Å². The van der Waals surface area contributed by atoms with Crippen LogP contribution >= 0.6 is 0 Å². The monoisotopic (exact) mass is 532 g/mol. The number of halogens is 2. The highest BCUT2D eigenvalue weighted by Gasteiger charge is 2.36. The number of sulfonamides is 1. The molecule has 0 bridgehead atoms. The first kappa shape index (κ1) is 25.4. The van der Waals surface area contributed by atoms with E-state index < -0.39 is 38.7 Å². The molecule has 3 aromatic rings. The summed E-state index contributed by atoms with van der Waals surface area (Å²) in [6.45, 7) is 5.10. The number of anilines is 1. The molecule has 1 amide bonds. The highest BCUT2D eigenvalue weighted by Crippen LogP contribution is 2.42. The van der Waals surface area contributed by atoms with Crippen molar-refractivity contribution in [2.24, 2.45) is 5.92 Å². The van der Waals surface area contributed by atoms with E-state index in [1.807, 2.05) is 4.90 Å². The Bertz CT molecular complexity index is 1450. The van der Waals surface area contributed by atoms with Crippen LogP contribution in [0.4, 0.5) is 14.5 Å². The second-order valence-corrected chi connectivity index (χ2v) is 13.2. The quantitative estimate of drug-likeness (QED) is 0.485. The zero-order valence-electron chi connectivity index (χ0n) is 20.9. The van der Waals surface area contributed by atoms with E-state index in [0.717, 1.165) is 12.8 Å². The highest BCUT2D eigenvalue weighted by molar-refractivity contribution is 7.91. The van der Waals surface area contributed by atoms with Gasteiger partial charge in [0, 0.05) is 30.4 Å². The first-order valence-electron chi connectivity index (χ1n) is 12.3. The van der Waals surface area contributed by atoms with Crippen LogP contribution < -0.4 is 14.4 Å². The van der Waals surface area contributed by atoms with Crippen LogP contribution in [-0.2, 0) is 10.0 Å². The van der Waals surface area contributed by atoms with E-state index in [4.69, 9.17) is 4.74 Å².